The van der Waals surface area contributed by atoms with Crippen molar-refractivity contribution in [3.63, 3.8) is 0 Å². The third-order valence-electron chi connectivity index (χ3n) is 3.59. The standard InChI is InChI=1S/C15H23NO3/c1-4-13(9-17)16-8-12-7-15-11(5-10(2)19-15)6-14(12)18-3/h6-7,10,13,16-17H,4-5,8-9H2,1-3H3/t10?,13-/m0/s1. The van der Waals surface area contributed by atoms with Gasteiger partial charge in [0.15, 0.2) is 0 Å². The SMILES string of the molecule is CC[C@@H](CO)NCc1cc2c(cc1OC)CC(C)O2. The molecule has 4 heteroatoms. The molecule has 1 aromatic rings. The number of hydrogen-bond acceptors (Lipinski definition) is 4. The second-order valence-corrected chi connectivity index (χ2v) is 5.07. The molecule has 1 unspecified atom stereocenters. The molecule has 2 rings (SSSR count). The lowest BCUT2D eigenvalue weighted by Crippen LogP contribution is -2.31. The lowest BCUT2D eigenvalue weighted by molar-refractivity contribution is 0.237. The van der Waals surface area contributed by atoms with Gasteiger partial charge in [0.25, 0.3) is 0 Å². The molecule has 0 saturated heterocycles. The van der Waals surface area contributed by atoms with Gasteiger partial charge in [0.05, 0.1) is 13.7 Å². The van der Waals surface area contributed by atoms with E-state index in [1.807, 2.05) is 0 Å². The molecule has 0 saturated carbocycles. The molecular formula is C15H23NO3. The molecular weight excluding hydrogens is 242 g/mol. The van der Waals surface area contributed by atoms with Crippen LogP contribution in [0.25, 0.3) is 0 Å². The van der Waals surface area contributed by atoms with Crippen molar-refractivity contribution in [1.82, 2.24) is 5.32 Å². The second kappa shape index (κ2) is 6.26. The van der Waals surface area contributed by atoms with Gasteiger partial charge in [0.1, 0.15) is 17.6 Å². The zero-order valence-electron chi connectivity index (χ0n) is 11.9. The molecule has 1 aliphatic heterocycles. The summed E-state index contributed by atoms with van der Waals surface area (Å²) in [4.78, 5) is 0. The highest BCUT2D eigenvalue weighted by molar-refractivity contribution is 5.48. The zero-order chi connectivity index (χ0) is 13.8. The number of rotatable bonds is 6. The van der Waals surface area contributed by atoms with Crippen LogP contribution in [0.4, 0.5) is 0 Å². The van der Waals surface area contributed by atoms with Crippen LogP contribution in [-0.4, -0.2) is 31.0 Å². The first kappa shape index (κ1) is 14.2. The van der Waals surface area contributed by atoms with E-state index in [4.69, 9.17) is 9.47 Å². The van der Waals surface area contributed by atoms with Gasteiger partial charge in [-0.05, 0) is 25.5 Å². The Morgan fingerprint density at radius 1 is 1.53 bits per heavy atom. The Morgan fingerprint density at radius 3 is 2.95 bits per heavy atom. The summed E-state index contributed by atoms with van der Waals surface area (Å²) in [5.74, 6) is 1.85. The van der Waals surface area contributed by atoms with Crippen molar-refractivity contribution in [2.24, 2.45) is 0 Å². The Balaban J connectivity index is 2.14. The summed E-state index contributed by atoms with van der Waals surface area (Å²) < 4.78 is 11.2. The maximum atomic E-state index is 9.20. The summed E-state index contributed by atoms with van der Waals surface area (Å²) in [6.07, 6.45) is 2.08. The van der Waals surface area contributed by atoms with Crippen molar-refractivity contribution in [2.45, 2.75) is 45.4 Å². The monoisotopic (exact) mass is 265 g/mol. The van der Waals surface area contributed by atoms with Gasteiger partial charge in [0, 0.05) is 30.1 Å². The third-order valence-corrected chi connectivity index (χ3v) is 3.59. The Kier molecular flexibility index (Phi) is 4.66. The minimum absolute atomic E-state index is 0.123. The van der Waals surface area contributed by atoms with Gasteiger partial charge in [-0.25, -0.2) is 0 Å². The van der Waals surface area contributed by atoms with Crippen LogP contribution in [0, 0.1) is 0 Å². The maximum Gasteiger partial charge on any atom is 0.123 e. The van der Waals surface area contributed by atoms with Gasteiger partial charge in [0.2, 0.25) is 0 Å². The summed E-state index contributed by atoms with van der Waals surface area (Å²) in [7, 11) is 1.69. The number of aliphatic hydroxyl groups excluding tert-OH is 1. The van der Waals surface area contributed by atoms with E-state index in [1.165, 1.54) is 5.56 Å². The van der Waals surface area contributed by atoms with Crippen LogP contribution in [0.2, 0.25) is 0 Å². The number of ether oxygens (including phenoxy) is 2. The fourth-order valence-corrected chi connectivity index (χ4v) is 2.40. The molecule has 1 aromatic carbocycles. The predicted octanol–water partition coefficient (Wildman–Crippen LogP) is 1.88. The van der Waals surface area contributed by atoms with E-state index in [0.29, 0.717) is 6.54 Å². The van der Waals surface area contributed by atoms with E-state index in [-0.39, 0.29) is 18.8 Å². The lowest BCUT2D eigenvalue weighted by Gasteiger charge is -2.16. The van der Waals surface area contributed by atoms with E-state index in [1.54, 1.807) is 7.11 Å². The van der Waals surface area contributed by atoms with Crippen LogP contribution in [-0.2, 0) is 13.0 Å². The molecule has 0 aliphatic carbocycles. The molecule has 1 heterocycles. The van der Waals surface area contributed by atoms with Crippen molar-refractivity contribution in [3.8, 4) is 11.5 Å². The van der Waals surface area contributed by atoms with Crippen molar-refractivity contribution >= 4 is 0 Å². The van der Waals surface area contributed by atoms with Gasteiger partial charge in [-0.1, -0.05) is 6.92 Å². The molecule has 1 aliphatic rings. The van der Waals surface area contributed by atoms with Crippen molar-refractivity contribution in [3.05, 3.63) is 23.3 Å². The Hall–Kier alpha value is -1.26. The minimum Gasteiger partial charge on any atom is -0.496 e. The first-order valence-corrected chi connectivity index (χ1v) is 6.88. The highest BCUT2D eigenvalue weighted by Crippen LogP contribution is 2.34. The maximum absolute atomic E-state index is 9.20. The summed E-state index contributed by atoms with van der Waals surface area (Å²) in [6.45, 7) is 4.95. The molecule has 106 valence electrons. The normalized spacial score (nSPS) is 18.8. The molecule has 0 amide bonds. The number of nitrogens with one attached hydrogen (secondary N) is 1. The molecule has 4 nitrogen and oxygen atoms in total. The van der Waals surface area contributed by atoms with Crippen LogP contribution < -0.4 is 14.8 Å². The Labute approximate surface area is 114 Å². The number of aliphatic hydroxyl groups is 1. The highest BCUT2D eigenvalue weighted by atomic mass is 16.5. The van der Waals surface area contributed by atoms with Crippen LogP contribution >= 0.6 is 0 Å². The van der Waals surface area contributed by atoms with E-state index in [0.717, 1.165) is 29.9 Å². The fraction of sp³-hybridized carbons (Fsp3) is 0.600. The summed E-state index contributed by atoms with van der Waals surface area (Å²) in [5.41, 5.74) is 2.28. The minimum atomic E-state index is 0.123. The van der Waals surface area contributed by atoms with Gasteiger partial charge in [-0.15, -0.1) is 0 Å². The van der Waals surface area contributed by atoms with Crippen molar-refractivity contribution in [2.75, 3.05) is 13.7 Å². The van der Waals surface area contributed by atoms with Crippen LogP contribution in [0.3, 0.4) is 0 Å². The number of hydrogen-bond donors (Lipinski definition) is 2. The first-order chi connectivity index (χ1) is 9.17. The van der Waals surface area contributed by atoms with Crippen LogP contribution in [0.15, 0.2) is 12.1 Å². The Bertz CT molecular complexity index is 430. The Morgan fingerprint density at radius 2 is 2.32 bits per heavy atom. The van der Waals surface area contributed by atoms with Crippen LogP contribution in [0.1, 0.15) is 31.4 Å². The number of benzene rings is 1. The van der Waals surface area contributed by atoms with E-state index in [9.17, 15) is 5.11 Å². The quantitative estimate of drug-likeness (QED) is 0.824. The molecule has 2 atom stereocenters. The molecule has 0 fully saturated rings. The smallest absolute Gasteiger partial charge is 0.123 e. The molecule has 2 N–H and O–H groups in total. The second-order valence-electron chi connectivity index (χ2n) is 5.07. The summed E-state index contributed by atoms with van der Waals surface area (Å²) in [6, 6.07) is 4.24. The third kappa shape index (κ3) is 3.19. The van der Waals surface area contributed by atoms with Gasteiger partial charge in [-0.3, -0.25) is 0 Å². The van der Waals surface area contributed by atoms with Crippen LogP contribution in [0.5, 0.6) is 11.5 Å². The lowest BCUT2D eigenvalue weighted by atomic mass is 10.1. The first-order valence-electron chi connectivity index (χ1n) is 6.88. The average Bonchev–Trinajstić information content (AvgIpc) is 2.77. The van der Waals surface area contributed by atoms with Gasteiger partial charge >= 0.3 is 0 Å². The van der Waals surface area contributed by atoms with Gasteiger partial charge in [-0.2, -0.15) is 0 Å². The zero-order valence-corrected chi connectivity index (χ0v) is 11.9. The largest absolute Gasteiger partial charge is 0.496 e. The molecule has 19 heavy (non-hydrogen) atoms. The van der Waals surface area contributed by atoms with Crippen molar-refractivity contribution in [1.29, 1.82) is 0 Å². The molecule has 0 spiro atoms. The van der Waals surface area contributed by atoms with E-state index >= 15 is 0 Å². The van der Waals surface area contributed by atoms with E-state index < -0.39 is 0 Å². The van der Waals surface area contributed by atoms with E-state index in [2.05, 4.69) is 31.3 Å². The predicted molar refractivity (Wildman–Crippen MR) is 74.8 cm³/mol. The summed E-state index contributed by atoms with van der Waals surface area (Å²) in [5, 5.41) is 12.5. The highest BCUT2D eigenvalue weighted by Gasteiger charge is 2.21. The van der Waals surface area contributed by atoms with Crippen molar-refractivity contribution < 1.29 is 14.6 Å². The molecule has 0 radical (unpaired) electrons. The van der Waals surface area contributed by atoms with Gasteiger partial charge < -0.3 is 19.9 Å². The topological polar surface area (TPSA) is 50.7 Å². The number of fused-ring (bicyclic) bond motifs is 1. The fourth-order valence-electron chi connectivity index (χ4n) is 2.40. The summed E-state index contributed by atoms with van der Waals surface area (Å²) >= 11 is 0. The molecule has 0 aromatic heterocycles. The number of methoxy groups -OCH3 is 1. The average molecular weight is 265 g/mol. The molecule has 0 bridgehead atoms.